The van der Waals surface area contributed by atoms with E-state index in [4.69, 9.17) is 37.1 Å². The Morgan fingerprint density at radius 3 is 2.71 bits per heavy atom. The van der Waals surface area contributed by atoms with Crippen LogP contribution in [0.2, 0.25) is 10.0 Å². The largest absolute Gasteiger partial charge is 0.485 e. The number of amides is 1. The number of ether oxygens (including phenoxy) is 2. The highest BCUT2D eigenvalue weighted by Gasteiger charge is 2.27. The highest BCUT2D eigenvalue weighted by Crippen LogP contribution is 2.31. The second-order valence-electron chi connectivity index (χ2n) is 5.93. The first-order valence-electron chi connectivity index (χ1n) is 8.37. The lowest BCUT2D eigenvalue weighted by Gasteiger charge is -2.24. The zero-order valence-electron chi connectivity index (χ0n) is 14.4. The Balaban J connectivity index is 1.37. The van der Waals surface area contributed by atoms with Crippen LogP contribution in [0.4, 0.5) is 0 Å². The molecular formula is C20H14Cl2N2O4. The number of carbonyl (C=O) groups excluding carboxylic acids is 1. The van der Waals surface area contributed by atoms with Gasteiger partial charge in [0.2, 0.25) is 6.10 Å². The summed E-state index contributed by atoms with van der Waals surface area (Å²) in [7, 11) is 0. The second kappa shape index (κ2) is 7.96. The molecule has 0 spiro atoms. The van der Waals surface area contributed by atoms with Crippen molar-refractivity contribution < 1.29 is 18.7 Å². The van der Waals surface area contributed by atoms with E-state index in [-0.39, 0.29) is 6.61 Å². The third-order valence-corrected chi connectivity index (χ3v) is 4.74. The smallest absolute Gasteiger partial charge is 0.284 e. The number of carbonyl (C=O) groups is 1. The molecule has 1 unspecified atom stereocenters. The van der Waals surface area contributed by atoms with Gasteiger partial charge in [-0.05, 0) is 42.5 Å². The van der Waals surface area contributed by atoms with Crippen molar-refractivity contribution in [1.82, 2.24) is 5.43 Å². The van der Waals surface area contributed by atoms with Crippen LogP contribution in [0.15, 0.2) is 64.1 Å². The molecule has 6 nitrogen and oxygen atoms in total. The van der Waals surface area contributed by atoms with E-state index in [9.17, 15) is 4.79 Å². The number of hydrogen-bond acceptors (Lipinski definition) is 5. The molecule has 1 aromatic heterocycles. The van der Waals surface area contributed by atoms with Crippen LogP contribution < -0.4 is 14.9 Å². The predicted molar refractivity (Wildman–Crippen MR) is 106 cm³/mol. The summed E-state index contributed by atoms with van der Waals surface area (Å²) in [5, 5.41) is 4.82. The molecule has 0 saturated carbocycles. The normalized spacial score (nSPS) is 15.6. The third kappa shape index (κ3) is 3.98. The average molecular weight is 417 g/mol. The number of hydrazone groups is 1. The topological polar surface area (TPSA) is 73.1 Å². The molecule has 0 bridgehead atoms. The van der Waals surface area contributed by atoms with E-state index >= 15 is 0 Å². The number of para-hydroxylation sites is 2. The van der Waals surface area contributed by atoms with Crippen LogP contribution >= 0.6 is 23.2 Å². The van der Waals surface area contributed by atoms with Gasteiger partial charge in [-0.15, -0.1) is 0 Å². The van der Waals surface area contributed by atoms with Crippen LogP contribution in [-0.4, -0.2) is 24.8 Å². The fourth-order valence-electron chi connectivity index (χ4n) is 2.61. The van der Waals surface area contributed by atoms with Gasteiger partial charge < -0.3 is 13.9 Å². The molecule has 0 radical (unpaired) electrons. The Morgan fingerprint density at radius 2 is 1.89 bits per heavy atom. The van der Waals surface area contributed by atoms with Crippen LogP contribution in [-0.2, 0) is 4.79 Å². The number of nitrogens with zero attached hydrogens (tertiary/aromatic N) is 1. The van der Waals surface area contributed by atoms with E-state index in [2.05, 4.69) is 10.5 Å². The first-order chi connectivity index (χ1) is 13.6. The molecule has 3 aromatic rings. The maximum atomic E-state index is 12.2. The molecule has 1 aliphatic rings. The number of hydrogen-bond donors (Lipinski definition) is 1. The van der Waals surface area contributed by atoms with Crippen LogP contribution in [0.25, 0.3) is 11.3 Å². The first kappa shape index (κ1) is 18.4. The monoisotopic (exact) mass is 416 g/mol. The number of rotatable bonds is 4. The van der Waals surface area contributed by atoms with Gasteiger partial charge in [0.15, 0.2) is 11.5 Å². The Bertz CT molecular complexity index is 1050. The summed E-state index contributed by atoms with van der Waals surface area (Å²) in [6.45, 7) is 0.112. The van der Waals surface area contributed by atoms with Gasteiger partial charge in [0.25, 0.3) is 5.91 Å². The fraction of sp³-hybridized carbons (Fsp3) is 0.100. The number of halogens is 2. The number of furan rings is 1. The van der Waals surface area contributed by atoms with Gasteiger partial charge in [-0.1, -0.05) is 35.3 Å². The highest BCUT2D eigenvalue weighted by molar-refractivity contribution is 6.42. The lowest BCUT2D eigenvalue weighted by atomic mass is 10.2. The predicted octanol–water partition coefficient (Wildman–Crippen LogP) is 4.54. The van der Waals surface area contributed by atoms with Gasteiger partial charge in [-0.2, -0.15) is 5.10 Å². The number of benzene rings is 2. The third-order valence-electron chi connectivity index (χ3n) is 4.00. The molecule has 28 heavy (non-hydrogen) atoms. The second-order valence-corrected chi connectivity index (χ2v) is 6.74. The molecular weight excluding hydrogens is 403 g/mol. The minimum absolute atomic E-state index is 0.112. The average Bonchev–Trinajstić information content (AvgIpc) is 3.18. The van der Waals surface area contributed by atoms with Crippen LogP contribution in [0.5, 0.6) is 11.5 Å². The lowest BCUT2D eigenvalue weighted by molar-refractivity contribution is -0.130. The minimum atomic E-state index is -0.782. The summed E-state index contributed by atoms with van der Waals surface area (Å²) in [5.74, 6) is 1.79. The van der Waals surface area contributed by atoms with Gasteiger partial charge in [0, 0.05) is 5.56 Å². The Hall–Kier alpha value is -2.96. The molecule has 1 aliphatic heterocycles. The number of nitrogens with one attached hydrogen (secondary N) is 1. The molecule has 0 saturated heterocycles. The van der Waals surface area contributed by atoms with Crippen LogP contribution in [0.3, 0.4) is 0 Å². The Labute approximate surface area is 170 Å². The van der Waals surface area contributed by atoms with E-state index in [0.29, 0.717) is 33.1 Å². The van der Waals surface area contributed by atoms with Gasteiger partial charge in [0.05, 0.1) is 16.3 Å². The van der Waals surface area contributed by atoms with Crippen molar-refractivity contribution in [3.05, 3.63) is 70.4 Å². The van der Waals surface area contributed by atoms with Crippen molar-refractivity contribution in [3.8, 4) is 22.8 Å². The molecule has 0 aliphatic carbocycles. The molecule has 1 N–H and O–H groups in total. The molecule has 2 heterocycles. The first-order valence-corrected chi connectivity index (χ1v) is 9.12. The van der Waals surface area contributed by atoms with Gasteiger partial charge >= 0.3 is 0 Å². The maximum Gasteiger partial charge on any atom is 0.284 e. The zero-order valence-corrected chi connectivity index (χ0v) is 15.9. The minimum Gasteiger partial charge on any atom is -0.485 e. The maximum absolute atomic E-state index is 12.2. The molecule has 1 amide bonds. The van der Waals surface area contributed by atoms with E-state index < -0.39 is 12.0 Å². The lowest BCUT2D eigenvalue weighted by Crippen LogP contribution is -2.42. The summed E-state index contributed by atoms with van der Waals surface area (Å²) < 4.78 is 16.8. The molecule has 8 heteroatoms. The summed E-state index contributed by atoms with van der Waals surface area (Å²) >= 11 is 11.9. The fourth-order valence-corrected chi connectivity index (χ4v) is 2.91. The van der Waals surface area contributed by atoms with E-state index in [1.54, 1.807) is 42.5 Å². The van der Waals surface area contributed by atoms with Crippen molar-refractivity contribution >= 4 is 35.3 Å². The van der Waals surface area contributed by atoms with Crippen LogP contribution in [0, 0.1) is 0 Å². The van der Waals surface area contributed by atoms with Gasteiger partial charge in [0.1, 0.15) is 18.1 Å². The zero-order chi connectivity index (χ0) is 19.5. The Morgan fingerprint density at radius 1 is 1.07 bits per heavy atom. The Kier molecular flexibility index (Phi) is 5.23. The molecule has 142 valence electrons. The number of fused-ring (bicyclic) bond motifs is 1. The van der Waals surface area contributed by atoms with Crippen molar-refractivity contribution in [2.45, 2.75) is 6.10 Å². The summed E-state index contributed by atoms with van der Waals surface area (Å²) in [6.07, 6.45) is 0.617. The quantitative estimate of drug-likeness (QED) is 0.500. The highest BCUT2D eigenvalue weighted by atomic mass is 35.5. The van der Waals surface area contributed by atoms with Crippen molar-refractivity contribution in [2.24, 2.45) is 5.10 Å². The van der Waals surface area contributed by atoms with Crippen molar-refractivity contribution in [3.63, 3.8) is 0 Å². The molecule has 2 aromatic carbocycles. The molecule has 4 rings (SSSR count). The summed E-state index contributed by atoms with van der Waals surface area (Å²) in [5.41, 5.74) is 3.21. The summed E-state index contributed by atoms with van der Waals surface area (Å²) in [6, 6.07) is 15.9. The van der Waals surface area contributed by atoms with Crippen LogP contribution in [0.1, 0.15) is 5.76 Å². The van der Waals surface area contributed by atoms with Gasteiger partial charge in [-0.3, -0.25) is 4.79 Å². The van der Waals surface area contributed by atoms with E-state index in [1.807, 2.05) is 12.1 Å². The van der Waals surface area contributed by atoms with E-state index in [1.165, 1.54) is 6.21 Å². The molecule has 0 fully saturated rings. The van der Waals surface area contributed by atoms with E-state index in [0.717, 1.165) is 5.56 Å². The SMILES string of the molecule is O=C(N/N=C\c1ccc(-c2ccc(Cl)c(Cl)c2)o1)C1COc2ccccc2O1. The molecule has 1 atom stereocenters. The summed E-state index contributed by atoms with van der Waals surface area (Å²) in [4.78, 5) is 12.2. The van der Waals surface area contributed by atoms with Crippen molar-refractivity contribution in [1.29, 1.82) is 0 Å². The van der Waals surface area contributed by atoms with Crippen molar-refractivity contribution in [2.75, 3.05) is 6.61 Å². The standard InChI is InChI=1S/C20H14Cl2N2O4/c21-14-7-5-12(9-15(14)22)16-8-6-13(27-16)10-23-24-20(25)19-11-26-17-3-1-2-4-18(17)28-19/h1-10,19H,11H2,(H,24,25)/b23-10-. The van der Waals surface area contributed by atoms with Gasteiger partial charge in [-0.25, -0.2) is 5.43 Å².